The smallest absolute Gasteiger partial charge is 0.255 e. The molecule has 0 aliphatic heterocycles. The van der Waals surface area contributed by atoms with E-state index in [-0.39, 0.29) is 11.2 Å². The summed E-state index contributed by atoms with van der Waals surface area (Å²) in [5.41, 5.74) is 1.16. The minimum atomic E-state index is -3.26. The van der Waals surface area contributed by atoms with Crippen molar-refractivity contribution in [1.82, 2.24) is 0 Å². The summed E-state index contributed by atoms with van der Waals surface area (Å²) in [6.45, 7) is 0. The zero-order valence-corrected chi connectivity index (χ0v) is 16.0. The Kier molecular flexibility index (Phi) is 5.24. The van der Waals surface area contributed by atoms with E-state index in [0.717, 1.165) is 29.3 Å². The molecule has 0 unspecified atom stereocenters. The van der Waals surface area contributed by atoms with Gasteiger partial charge in [0.05, 0.1) is 10.1 Å². The maximum absolute atomic E-state index is 12.5. The fraction of sp³-hybridized carbons (Fsp3) is 0.278. The molecule has 4 nitrogen and oxygen atoms in total. The summed E-state index contributed by atoms with van der Waals surface area (Å²) in [7, 11) is -3.26. The minimum absolute atomic E-state index is 0.208. The highest BCUT2D eigenvalue weighted by Gasteiger charge is 2.30. The van der Waals surface area contributed by atoms with Gasteiger partial charge in [-0.25, -0.2) is 8.42 Å². The fourth-order valence-corrected chi connectivity index (χ4v) is 5.35. The molecule has 1 saturated carbocycles. The van der Waals surface area contributed by atoms with Gasteiger partial charge in [0.25, 0.3) is 5.91 Å². The van der Waals surface area contributed by atoms with Crippen LogP contribution in [0.25, 0.3) is 0 Å². The van der Waals surface area contributed by atoms with E-state index in [1.54, 1.807) is 36.4 Å². The van der Waals surface area contributed by atoms with Crippen molar-refractivity contribution in [2.45, 2.75) is 35.8 Å². The third-order valence-electron chi connectivity index (χ3n) is 4.27. The van der Waals surface area contributed by atoms with Crippen molar-refractivity contribution in [3.8, 4) is 0 Å². The first kappa shape index (κ1) is 17.4. The molecule has 1 fully saturated rings. The predicted octanol–water partition coefficient (Wildman–Crippen LogP) is 4.26. The Balaban J connectivity index is 1.74. The average molecular weight is 455 g/mol. The van der Waals surface area contributed by atoms with Gasteiger partial charge in [-0.1, -0.05) is 18.9 Å². The molecule has 0 aromatic heterocycles. The molecule has 0 bridgehead atoms. The quantitative estimate of drug-likeness (QED) is 0.701. The minimum Gasteiger partial charge on any atom is -0.322 e. The van der Waals surface area contributed by atoms with Crippen LogP contribution in [0.4, 0.5) is 5.69 Å². The van der Waals surface area contributed by atoms with Crippen molar-refractivity contribution >= 4 is 44.0 Å². The Hall–Kier alpha value is -1.41. The van der Waals surface area contributed by atoms with Crippen molar-refractivity contribution < 1.29 is 13.2 Å². The van der Waals surface area contributed by atoms with E-state index in [1.807, 2.05) is 12.1 Å². The summed E-state index contributed by atoms with van der Waals surface area (Å²) < 4.78 is 26.1. The van der Waals surface area contributed by atoms with Gasteiger partial charge >= 0.3 is 0 Å². The summed E-state index contributed by atoms with van der Waals surface area (Å²) in [5.74, 6) is -0.208. The van der Waals surface area contributed by atoms with Crippen molar-refractivity contribution in [3.05, 3.63) is 57.7 Å². The van der Waals surface area contributed by atoms with Crippen LogP contribution in [-0.2, 0) is 9.84 Å². The average Bonchev–Trinajstić information content (AvgIpc) is 3.10. The van der Waals surface area contributed by atoms with Gasteiger partial charge in [0, 0.05) is 14.8 Å². The van der Waals surface area contributed by atoms with Gasteiger partial charge in [-0.15, -0.1) is 0 Å². The highest BCUT2D eigenvalue weighted by molar-refractivity contribution is 14.1. The Bertz CT molecular complexity index is 841. The van der Waals surface area contributed by atoms with Crippen molar-refractivity contribution in [1.29, 1.82) is 0 Å². The summed E-state index contributed by atoms with van der Waals surface area (Å²) in [6.07, 6.45) is 3.45. The Morgan fingerprint density at radius 2 is 1.71 bits per heavy atom. The van der Waals surface area contributed by atoms with E-state index in [9.17, 15) is 13.2 Å². The van der Waals surface area contributed by atoms with Gasteiger partial charge in [0.15, 0.2) is 9.84 Å². The molecule has 0 atom stereocenters. The van der Waals surface area contributed by atoms with Gasteiger partial charge in [-0.2, -0.15) is 0 Å². The van der Waals surface area contributed by atoms with Crippen molar-refractivity contribution in [2.24, 2.45) is 0 Å². The van der Waals surface area contributed by atoms with Crippen LogP contribution in [0, 0.1) is 3.57 Å². The number of hydrogen-bond acceptors (Lipinski definition) is 3. The summed E-state index contributed by atoms with van der Waals surface area (Å²) in [4.78, 5) is 12.6. The zero-order valence-electron chi connectivity index (χ0n) is 13.0. The number of sulfone groups is 1. The van der Waals surface area contributed by atoms with Crippen LogP contribution >= 0.6 is 22.6 Å². The van der Waals surface area contributed by atoms with Crippen molar-refractivity contribution in [3.63, 3.8) is 0 Å². The molecule has 126 valence electrons. The van der Waals surface area contributed by atoms with E-state index < -0.39 is 9.84 Å². The molecule has 2 aromatic rings. The molecule has 0 heterocycles. The van der Waals surface area contributed by atoms with Crippen LogP contribution < -0.4 is 5.32 Å². The lowest BCUT2D eigenvalue weighted by molar-refractivity contribution is 0.102. The Morgan fingerprint density at radius 1 is 1.04 bits per heavy atom. The van der Waals surface area contributed by atoms with E-state index in [2.05, 4.69) is 27.9 Å². The van der Waals surface area contributed by atoms with Gasteiger partial charge in [0.1, 0.15) is 0 Å². The second kappa shape index (κ2) is 7.23. The van der Waals surface area contributed by atoms with Crippen molar-refractivity contribution in [2.75, 3.05) is 5.32 Å². The molecule has 1 aliphatic carbocycles. The number of hydrogen-bond donors (Lipinski definition) is 1. The lowest BCUT2D eigenvalue weighted by Gasteiger charge is -2.12. The van der Waals surface area contributed by atoms with E-state index in [0.29, 0.717) is 16.1 Å². The van der Waals surface area contributed by atoms with E-state index in [1.165, 1.54) is 0 Å². The first-order valence-electron chi connectivity index (χ1n) is 7.88. The number of anilines is 1. The molecule has 1 amide bonds. The third-order valence-corrected chi connectivity index (χ3v) is 7.22. The highest BCUT2D eigenvalue weighted by Crippen LogP contribution is 2.30. The number of nitrogens with one attached hydrogen (secondary N) is 1. The van der Waals surface area contributed by atoms with Gasteiger partial charge in [-0.05, 0) is 77.9 Å². The third kappa shape index (κ3) is 3.80. The Labute approximate surface area is 155 Å². The monoisotopic (exact) mass is 455 g/mol. The molecule has 0 spiro atoms. The standard InChI is InChI=1S/C18H18INO3S/c19-14-5-3-4-13(12-14)18(21)20-15-8-10-17(11-9-15)24(22,23)16-6-1-2-7-16/h3-5,8-12,16H,1-2,6-7H2,(H,20,21). The molecule has 3 rings (SSSR count). The number of amides is 1. The number of rotatable bonds is 4. The van der Waals surface area contributed by atoms with Gasteiger partial charge in [-0.3, -0.25) is 4.79 Å². The van der Waals surface area contributed by atoms with Crippen LogP contribution in [0.2, 0.25) is 0 Å². The maximum atomic E-state index is 12.5. The molecule has 1 aliphatic rings. The number of halogens is 1. The zero-order chi connectivity index (χ0) is 17.2. The molecule has 0 saturated heterocycles. The maximum Gasteiger partial charge on any atom is 0.255 e. The summed E-state index contributed by atoms with van der Waals surface area (Å²) in [5, 5.41) is 2.54. The molecular weight excluding hydrogens is 437 g/mol. The summed E-state index contributed by atoms with van der Waals surface area (Å²) >= 11 is 2.15. The van der Waals surface area contributed by atoms with Crippen LogP contribution in [0.1, 0.15) is 36.0 Å². The topological polar surface area (TPSA) is 63.2 Å². The molecule has 0 radical (unpaired) electrons. The highest BCUT2D eigenvalue weighted by atomic mass is 127. The molecule has 24 heavy (non-hydrogen) atoms. The Morgan fingerprint density at radius 3 is 2.33 bits per heavy atom. The number of benzene rings is 2. The lowest BCUT2D eigenvalue weighted by Crippen LogP contribution is -2.18. The molecule has 1 N–H and O–H groups in total. The summed E-state index contributed by atoms with van der Waals surface area (Å²) in [6, 6.07) is 13.7. The van der Waals surface area contributed by atoms with Crippen LogP contribution in [0.3, 0.4) is 0 Å². The lowest BCUT2D eigenvalue weighted by atomic mass is 10.2. The van der Waals surface area contributed by atoms with Gasteiger partial charge < -0.3 is 5.32 Å². The molecular formula is C18H18INO3S. The second-order valence-corrected chi connectivity index (χ2v) is 9.41. The van der Waals surface area contributed by atoms with Crippen LogP contribution in [-0.4, -0.2) is 19.6 Å². The van der Waals surface area contributed by atoms with Gasteiger partial charge in [0.2, 0.25) is 0 Å². The van der Waals surface area contributed by atoms with E-state index in [4.69, 9.17) is 0 Å². The van der Waals surface area contributed by atoms with Crippen LogP contribution in [0.5, 0.6) is 0 Å². The fourth-order valence-electron chi connectivity index (χ4n) is 2.95. The van der Waals surface area contributed by atoms with Crippen LogP contribution in [0.15, 0.2) is 53.4 Å². The molecule has 2 aromatic carbocycles. The SMILES string of the molecule is O=C(Nc1ccc(S(=O)(=O)C2CCCC2)cc1)c1cccc(I)c1. The van der Waals surface area contributed by atoms with E-state index >= 15 is 0 Å². The number of carbonyl (C=O) groups excluding carboxylic acids is 1. The molecule has 6 heteroatoms. The first-order chi connectivity index (χ1) is 11.5. The number of carbonyl (C=O) groups is 1. The first-order valence-corrected chi connectivity index (χ1v) is 10.5. The normalized spacial score (nSPS) is 15.4. The largest absolute Gasteiger partial charge is 0.322 e. The second-order valence-electron chi connectivity index (χ2n) is 5.94. The predicted molar refractivity (Wildman–Crippen MR) is 103 cm³/mol.